The number of rotatable bonds is 5. The molecule has 0 heterocycles. The lowest BCUT2D eigenvalue weighted by atomic mass is 9.74. The maximum Gasteiger partial charge on any atom is 0.120 e. The average Bonchev–Trinajstić information content (AvgIpc) is 2.44. The van der Waals surface area contributed by atoms with Crippen LogP contribution in [-0.2, 0) is 6.54 Å². The Morgan fingerprint density at radius 3 is 2.63 bits per heavy atom. The van der Waals surface area contributed by atoms with Gasteiger partial charge in [-0.3, -0.25) is 0 Å². The summed E-state index contributed by atoms with van der Waals surface area (Å²) in [6, 6.07) is 5.45. The number of hydrogen-bond acceptors (Lipinski definition) is 3. The molecule has 1 fully saturated rings. The molecule has 0 aromatic heterocycles. The van der Waals surface area contributed by atoms with Crippen molar-refractivity contribution in [3.05, 3.63) is 28.2 Å². The van der Waals surface area contributed by atoms with Crippen molar-refractivity contribution >= 4 is 15.9 Å². The predicted octanol–water partition coefficient (Wildman–Crippen LogP) is 3.19. The molecule has 4 heteroatoms. The summed E-state index contributed by atoms with van der Waals surface area (Å²) in [4.78, 5) is 0. The van der Waals surface area contributed by atoms with E-state index in [-0.39, 0.29) is 12.0 Å². The van der Waals surface area contributed by atoms with Crippen molar-refractivity contribution in [1.82, 2.24) is 5.32 Å². The lowest BCUT2D eigenvalue weighted by molar-refractivity contribution is 0.0810. The van der Waals surface area contributed by atoms with Crippen molar-refractivity contribution in [3.63, 3.8) is 0 Å². The number of aliphatic hydroxyl groups is 1. The summed E-state index contributed by atoms with van der Waals surface area (Å²) in [5.41, 5.74) is 0.929. The van der Waals surface area contributed by atoms with Gasteiger partial charge in [-0.1, -0.05) is 35.2 Å². The summed E-state index contributed by atoms with van der Waals surface area (Å²) in [7, 11) is 0. The third-order valence-corrected chi connectivity index (χ3v) is 4.60. The molecule has 0 amide bonds. The topological polar surface area (TPSA) is 52.5 Å². The highest BCUT2D eigenvalue weighted by Gasteiger charge is 2.30. The number of phenols is 1. The van der Waals surface area contributed by atoms with Crippen LogP contribution in [0.1, 0.15) is 37.7 Å². The first-order valence-electron chi connectivity index (χ1n) is 6.94. The molecule has 3 N–H and O–H groups in total. The van der Waals surface area contributed by atoms with Crippen LogP contribution in [0.3, 0.4) is 0 Å². The van der Waals surface area contributed by atoms with Crippen LogP contribution in [0.15, 0.2) is 22.7 Å². The standard InChI is InChI=1S/C15H22BrNO2/c16-13-4-5-14(19)12(8-13)9-17-10-15(11-18)6-2-1-3-7-15/h4-5,8,17-19H,1-3,6-7,9-11H2. The number of aliphatic hydroxyl groups excluding tert-OH is 1. The van der Waals surface area contributed by atoms with Crippen LogP contribution < -0.4 is 5.32 Å². The maximum absolute atomic E-state index is 9.78. The molecule has 0 aliphatic heterocycles. The van der Waals surface area contributed by atoms with Crippen LogP contribution in [0.25, 0.3) is 0 Å². The van der Waals surface area contributed by atoms with Gasteiger partial charge in [0.05, 0.1) is 0 Å². The Hall–Kier alpha value is -0.580. The van der Waals surface area contributed by atoms with Gasteiger partial charge in [0, 0.05) is 35.1 Å². The first-order valence-corrected chi connectivity index (χ1v) is 7.73. The lowest BCUT2D eigenvalue weighted by Crippen LogP contribution is -2.38. The van der Waals surface area contributed by atoms with Crippen molar-refractivity contribution in [3.8, 4) is 5.75 Å². The van der Waals surface area contributed by atoms with Crippen LogP contribution in [0.4, 0.5) is 0 Å². The van der Waals surface area contributed by atoms with E-state index in [1.165, 1.54) is 19.3 Å². The molecule has 1 saturated carbocycles. The van der Waals surface area contributed by atoms with Crippen LogP contribution in [-0.4, -0.2) is 23.4 Å². The Balaban J connectivity index is 1.90. The van der Waals surface area contributed by atoms with E-state index in [0.29, 0.717) is 12.3 Å². The molecule has 2 rings (SSSR count). The molecule has 0 atom stereocenters. The molecule has 0 spiro atoms. The van der Waals surface area contributed by atoms with E-state index in [2.05, 4.69) is 21.2 Å². The third-order valence-electron chi connectivity index (χ3n) is 4.11. The number of phenolic OH excluding ortho intramolecular Hbond substituents is 1. The van der Waals surface area contributed by atoms with Gasteiger partial charge < -0.3 is 15.5 Å². The van der Waals surface area contributed by atoms with Crippen molar-refractivity contribution in [2.24, 2.45) is 5.41 Å². The molecule has 0 saturated heterocycles. The largest absolute Gasteiger partial charge is 0.508 e. The number of aromatic hydroxyl groups is 1. The number of benzene rings is 1. The van der Waals surface area contributed by atoms with Gasteiger partial charge in [-0.15, -0.1) is 0 Å². The Bertz CT molecular complexity index is 417. The molecule has 1 aliphatic carbocycles. The SMILES string of the molecule is OCC1(CNCc2cc(Br)ccc2O)CCCCC1. The number of nitrogens with one attached hydrogen (secondary N) is 1. The van der Waals surface area contributed by atoms with Crippen LogP contribution >= 0.6 is 15.9 Å². The summed E-state index contributed by atoms with van der Waals surface area (Å²) in [6.07, 6.45) is 5.91. The highest BCUT2D eigenvalue weighted by Crippen LogP contribution is 2.35. The summed E-state index contributed by atoms with van der Waals surface area (Å²) >= 11 is 3.41. The first kappa shape index (κ1) is 14.8. The second-order valence-electron chi connectivity index (χ2n) is 5.60. The van der Waals surface area contributed by atoms with E-state index in [1.807, 2.05) is 12.1 Å². The maximum atomic E-state index is 9.78. The normalized spacial score (nSPS) is 18.4. The zero-order chi connectivity index (χ0) is 13.7. The van der Waals surface area contributed by atoms with Crippen LogP contribution in [0.5, 0.6) is 5.75 Å². The highest BCUT2D eigenvalue weighted by molar-refractivity contribution is 9.10. The van der Waals surface area contributed by atoms with E-state index in [9.17, 15) is 10.2 Å². The zero-order valence-corrected chi connectivity index (χ0v) is 12.7. The molecule has 1 aromatic rings. The smallest absolute Gasteiger partial charge is 0.120 e. The fourth-order valence-electron chi connectivity index (χ4n) is 2.85. The monoisotopic (exact) mass is 327 g/mol. The van der Waals surface area contributed by atoms with Crippen LogP contribution in [0.2, 0.25) is 0 Å². The van der Waals surface area contributed by atoms with Crippen molar-refractivity contribution in [1.29, 1.82) is 0 Å². The van der Waals surface area contributed by atoms with E-state index < -0.39 is 0 Å². The number of hydrogen-bond donors (Lipinski definition) is 3. The molecule has 0 bridgehead atoms. The lowest BCUT2D eigenvalue weighted by Gasteiger charge is -2.35. The fourth-order valence-corrected chi connectivity index (χ4v) is 3.26. The zero-order valence-electron chi connectivity index (χ0n) is 11.2. The van der Waals surface area contributed by atoms with Gasteiger partial charge in [-0.2, -0.15) is 0 Å². The molecule has 106 valence electrons. The van der Waals surface area contributed by atoms with E-state index in [4.69, 9.17) is 0 Å². The molecule has 1 aliphatic rings. The summed E-state index contributed by atoms with van der Waals surface area (Å²) in [6.45, 7) is 1.70. The van der Waals surface area contributed by atoms with Crippen molar-refractivity contribution in [2.75, 3.05) is 13.2 Å². The van der Waals surface area contributed by atoms with Gasteiger partial charge in [0.25, 0.3) is 0 Å². The molecular weight excluding hydrogens is 306 g/mol. The highest BCUT2D eigenvalue weighted by atomic mass is 79.9. The van der Waals surface area contributed by atoms with E-state index in [0.717, 1.165) is 29.4 Å². The fraction of sp³-hybridized carbons (Fsp3) is 0.600. The molecule has 19 heavy (non-hydrogen) atoms. The Morgan fingerprint density at radius 2 is 1.95 bits per heavy atom. The van der Waals surface area contributed by atoms with Gasteiger partial charge in [-0.25, -0.2) is 0 Å². The molecular formula is C15H22BrNO2. The second kappa shape index (κ2) is 6.73. The minimum absolute atomic E-state index is 0.0415. The van der Waals surface area contributed by atoms with E-state index >= 15 is 0 Å². The van der Waals surface area contributed by atoms with Gasteiger partial charge in [-0.05, 0) is 31.0 Å². The Morgan fingerprint density at radius 1 is 1.21 bits per heavy atom. The number of halogens is 1. The van der Waals surface area contributed by atoms with Crippen LogP contribution in [0, 0.1) is 5.41 Å². The summed E-state index contributed by atoms with van der Waals surface area (Å²) < 4.78 is 0.969. The molecule has 0 unspecified atom stereocenters. The molecule has 1 aromatic carbocycles. The van der Waals surface area contributed by atoms with Gasteiger partial charge in [0.15, 0.2) is 0 Å². The van der Waals surface area contributed by atoms with Crippen molar-refractivity contribution in [2.45, 2.75) is 38.6 Å². The average molecular weight is 328 g/mol. The van der Waals surface area contributed by atoms with Crippen molar-refractivity contribution < 1.29 is 10.2 Å². The Labute approximate surface area is 123 Å². The molecule has 0 radical (unpaired) electrons. The minimum atomic E-state index is 0.0415. The third kappa shape index (κ3) is 3.94. The Kier molecular flexibility index (Phi) is 5.25. The first-order chi connectivity index (χ1) is 9.15. The second-order valence-corrected chi connectivity index (χ2v) is 6.51. The van der Waals surface area contributed by atoms with E-state index in [1.54, 1.807) is 6.07 Å². The summed E-state index contributed by atoms with van der Waals surface area (Å²) in [5, 5.41) is 22.8. The predicted molar refractivity (Wildman–Crippen MR) is 80.1 cm³/mol. The van der Waals surface area contributed by atoms with Gasteiger partial charge >= 0.3 is 0 Å². The quantitative estimate of drug-likeness (QED) is 0.778. The summed E-state index contributed by atoms with van der Waals surface area (Å²) in [5.74, 6) is 0.317. The van der Waals surface area contributed by atoms with Gasteiger partial charge in [0.2, 0.25) is 0 Å². The molecule has 3 nitrogen and oxygen atoms in total. The minimum Gasteiger partial charge on any atom is -0.508 e. The van der Waals surface area contributed by atoms with Gasteiger partial charge in [0.1, 0.15) is 5.75 Å².